The van der Waals surface area contributed by atoms with E-state index >= 15 is 0 Å². The van der Waals surface area contributed by atoms with Gasteiger partial charge < -0.3 is 42.6 Å². The van der Waals surface area contributed by atoms with E-state index in [9.17, 15) is 9.59 Å². The Balaban J connectivity index is 1.62. The maximum atomic E-state index is 11.9. The molecule has 0 aromatic carbocycles. The molecule has 0 amide bonds. The summed E-state index contributed by atoms with van der Waals surface area (Å²) >= 11 is 0. The summed E-state index contributed by atoms with van der Waals surface area (Å²) in [4.78, 5) is 22.9. The lowest BCUT2D eigenvalue weighted by molar-refractivity contribution is -0.457. The van der Waals surface area contributed by atoms with Gasteiger partial charge in [0.25, 0.3) is 11.9 Å². The van der Waals surface area contributed by atoms with Gasteiger partial charge in [0.15, 0.2) is 6.61 Å². The average molecular weight is 450 g/mol. The number of hydrogen-bond donors (Lipinski definition) is 0. The Morgan fingerprint density at radius 3 is 1.90 bits per heavy atom. The van der Waals surface area contributed by atoms with Crippen LogP contribution in [0.2, 0.25) is 0 Å². The maximum absolute atomic E-state index is 11.9. The van der Waals surface area contributed by atoms with Crippen LogP contribution in [0, 0.1) is 5.41 Å². The van der Waals surface area contributed by atoms with Crippen LogP contribution < -0.4 is 0 Å². The second kappa shape index (κ2) is 12.0. The monoisotopic (exact) mass is 450 g/mol. The molecule has 2 aliphatic rings. The van der Waals surface area contributed by atoms with Gasteiger partial charge in [-0.1, -0.05) is 13.8 Å². The van der Waals surface area contributed by atoms with Crippen LogP contribution in [0.1, 0.15) is 33.6 Å². The highest BCUT2D eigenvalue weighted by atomic mass is 16.9. The van der Waals surface area contributed by atoms with Crippen molar-refractivity contribution in [3.63, 3.8) is 0 Å². The first kappa shape index (κ1) is 25.9. The van der Waals surface area contributed by atoms with E-state index in [0.717, 1.165) is 0 Å². The molecule has 2 rings (SSSR count). The molecule has 2 saturated heterocycles. The van der Waals surface area contributed by atoms with Gasteiger partial charge >= 0.3 is 11.9 Å². The fourth-order valence-corrected chi connectivity index (χ4v) is 2.78. The second-order valence-corrected chi connectivity index (χ2v) is 7.45. The van der Waals surface area contributed by atoms with E-state index in [4.69, 9.17) is 42.6 Å². The van der Waals surface area contributed by atoms with Gasteiger partial charge in [0.1, 0.15) is 13.2 Å². The van der Waals surface area contributed by atoms with Crippen LogP contribution in [0.15, 0.2) is 0 Å². The van der Waals surface area contributed by atoms with E-state index in [1.165, 1.54) is 7.11 Å². The molecule has 0 atom stereocenters. The van der Waals surface area contributed by atoms with Crippen molar-refractivity contribution in [3.8, 4) is 0 Å². The van der Waals surface area contributed by atoms with Crippen LogP contribution in [0.3, 0.4) is 0 Å². The molecular weight excluding hydrogens is 416 g/mol. The minimum Gasteiger partial charge on any atom is -0.463 e. The normalized spacial score (nSPS) is 30.8. The number of rotatable bonds is 12. The van der Waals surface area contributed by atoms with Crippen LogP contribution in [0.4, 0.5) is 0 Å². The van der Waals surface area contributed by atoms with Gasteiger partial charge in [-0.15, -0.1) is 0 Å². The number of methoxy groups -OCH3 is 1. The van der Waals surface area contributed by atoms with Gasteiger partial charge in [-0.25, -0.2) is 4.79 Å². The van der Waals surface area contributed by atoms with E-state index in [2.05, 4.69) is 0 Å². The fourth-order valence-electron chi connectivity index (χ4n) is 2.78. The van der Waals surface area contributed by atoms with Gasteiger partial charge in [-0.05, 0) is 0 Å². The Hall–Kier alpha value is -1.34. The first-order chi connectivity index (χ1) is 14.8. The molecule has 31 heavy (non-hydrogen) atoms. The average Bonchev–Trinajstić information content (AvgIpc) is 2.80. The zero-order valence-corrected chi connectivity index (χ0v) is 18.8. The van der Waals surface area contributed by atoms with Crippen LogP contribution in [0.5, 0.6) is 0 Å². The predicted molar refractivity (Wildman–Crippen MR) is 104 cm³/mol. The highest BCUT2D eigenvalue weighted by molar-refractivity contribution is 5.70. The Labute approximate surface area is 182 Å². The smallest absolute Gasteiger partial charge is 0.332 e. The molecule has 0 N–H and O–H groups in total. The van der Waals surface area contributed by atoms with E-state index < -0.39 is 23.3 Å². The molecule has 0 unspecified atom stereocenters. The minimum absolute atomic E-state index is 0.0564. The van der Waals surface area contributed by atoms with Crippen molar-refractivity contribution in [3.05, 3.63) is 0 Å². The van der Waals surface area contributed by atoms with Crippen molar-refractivity contribution >= 4 is 11.9 Å². The quantitative estimate of drug-likeness (QED) is 0.313. The highest BCUT2D eigenvalue weighted by Gasteiger charge is 2.50. The van der Waals surface area contributed by atoms with E-state index in [0.29, 0.717) is 26.1 Å². The zero-order valence-electron chi connectivity index (χ0n) is 18.8. The Morgan fingerprint density at radius 2 is 1.39 bits per heavy atom. The summed E-state index contributed by atoms with van der Waals surface area (Å²) in [7, 11) is 1.51. The molecule has 11 nitrogen and oxygen atoms in total. The number of carbonyl (C=O) groups excluding carboxylic acids is 2. The van der Waals surface area contributed by atoms with Gasteiger partial charge in [-0.2, -0.15) is 0 Å². The molecule has 2 heterocycles. The summed E-state index contributed by atoms with van der Waals surface area (Å²) in [5, 5.41) is 0. The Bertz CT molecular complexity index is 561. The van der Waals surface area contributed by atoms with Crippen LogP contribution in [0.25, 0.3) is 0 Å². The van der Waals surface area contributed by atoms with E-state index in [-0.39, 0.29) is 52.2 Å². The molecule has 0 saturated carbocycles. The number of esters is 2. The van der Waals surface area contributed by atoms with E-state index in [1.54, 1.807) is 13.8 Å². The van der Waals surface area contributed by atoms with Gasteiger partial charge in [0, 0.05) is 26.9 Å². The second-order valence-electron chi connectivity index (χ2n) is 7.45. The molecule has 11 heteroatoms. The summed E-state index contributed by atoms with van der Waals surface area (Å²) in [5.74, 6) is -3.26. The van der Waals surface area contributed by atoms with Crippen LogP contribution in [-0.2, 0) is 52.2 Å². The summed E-state index contributed by atoms with van der Waals surface area (Å²) in [6, 6.07) is 0. The lowest BCUT2D eigenvalue weighted by Gasteiger charge is -2.49. The van der Waals surface area contributed by atoms with Crippen molar-refractivity contribution in [1.82, 2.24) is 0 Å². The molecule has 2 fully saturated rings. The molecule has 0 radical (unpaired) electrons. The third-order valence-corrected chi connectivity index (χ3v) is 4.96. The number of carbonyl (C=O) groups is 2. The van der Waals surface area contributed by atoms with Crippen molar-refractivity contribution in [1.29, 1.82) is 0 Å². The van der Waals surface area contributed by atoms with Gasteiger partial charge in [-0.3, -0.25) is 4.79 Å². The topological polar surface area (TPSA) is 117 Å². The van der Waals surface area contributed by atoms with Crippen molar-refractivity contribution in [2.45, 2.75) is 45.6 Å². The summed E-state index contributed by atoms with van der Waals surface area (Å²) in [5.41, 5.74) is -0.469. The first-order valence-electron chi connectivity index (χ1n) is 10.4. The SMILES string of the molecule is CCC(=O)OCCOCCOC(=O)COC1(CC)OCC2(COC(C)(OC)OC2)CO1. The van der Waals surface area contributed by atoms with Crippen LogP contribution in [-0.4, -0.2) is 90.5 Å². The molecule has 0 aliphatic carbocycles. The Kier molecular flexibility index (Phi) is 10.1. The molecular formula is C20H34O11. The van der Waals surface area contributed by atoms with Gasteiger partial charge in [0.2, 0.25) is 0 Å². The zero-order chi connectivity index (χ0) is 22.8. The third-order valence-electron chi connectivity index (χ3n) is 4.96. The fraction of sp³-hybridized carbons (Fsp3) is 0.900. The minimum atomic E-state index is -1.33. The van der Waals surface area contributed by atoms with Crippen molar-refractivity contribution in [2.75, 3.05) is 66.6 Å². The maximum Gasteiger partial charge on any atom is 0.332 e. The summed E-state index contributed by atoms with van der Waals surface area (Å²) in [6.07, 6.45) is 0.702. The molecule has 1 spiro atoms. The standard InChI is InChI=1S/C20H34O11/c1-5-16(21)25-9-7-24-8-10-26-17(22)11-27-20(6-2)30-14-19(15-31-20)12-28-18(3,23-4)29-13-19/h5-15H2,1-4H3. The Morgan fingerprint density at radius 1 is 0.839 bits per heavy atom. The number of hydrogen-bond acceptors (Lipinski definition) is 11. The molecule has 0 aromatic rings. The van der Waals surface area contributed by atoms with E-state index in [1.807, 2.05) is 6.92 Å². The molecule has 2 aliphatic heterocycles. The predicted octanol–water partition coefficient (Wildman–Crippen LogP) is 0.980. The molecule has 0 bridgehead atoms. The summed E-state index contributed by atoms with van der Waals surface area (Å²) < 4.78 is 48.9. The third kappa shape index (κ3) is 7.94. The van der Waals surface area contributed by atoms with Crippen LogP contribution >= 0.6 is 0 Å². The lowest BCUT2D eigenvalue weighted by Crippen LogP contribution is -2.59. The summed E-state index contributed by atoms with van der Waals surface area (Å²) in [6.45, 7) is 6.81. The van der Waals surface area contributed by atoms with Crippen molar-refractivity contribution < 1.29 is 52.2 Å². The highest BCUT2D eigenvalue weighted by Crippen LogP contribution is 2.38. The molecule has 180 valence electrons. The molecule has 0 aromatic heterocycles. The lowest BCUT2D eigenvalue weighted by atomic mass is 9.90. The van der Waals surface area contributed by atoms with Gasteiger partial charge in [0.05, 0.1) is 45.1 Å². The first-order valence-corrected chi connectivity index (χ1v) is 10.4. The number of ether oxygens (including phenoxy) is 9. The largest absolute Gasteiger partial charge is 0.463 e. The van der Waals surface area contributed by atoms with Crippen molar-refractivity contribution in [2.24, 2.45) is 5.41 Å².